The van der Waals surface area contributed by atoms with E-state index in [4.69, 9.17) is 4.42 Å². The predicted octanol–water partition coefficient (Wildman–Crippen LogP) is 0.630. The topological polar surface area (TPSA) is 65.7 Å². The van der Waals surface area contributed by atoms with Gasteiger partial charge in [-0.25, -0.2) is 0 Å². The van der Waals surface area contributed by atoms with Crippen LogP contribution in [0.4, 0.5) is 0 Å². The van der Waals surface area contributed by atoms with E-state index in [9.17, 15) is 9.90 Å². The largest absolute Gasteiger partial charge is 0.459 e. The zero-order valence-electron chi connectivity index (χ0n) is 10.8. The van der Waals surface area contributed by atoms with Crippen molar-refractivity contribution in [3.8, 4) is 0 Å². The van der Waals surface area contributed by atoms with E-state index in [0.29, 0.717) is 12.3 Å². The highest BCUT2D eigenvalue weighted by Gasteiger charge is 2.23. The van der Waals surface area contributed by atoms with Crippen LogP contribution in [0.3, 0.4) is 0 Å². The number of rotatable bonds is 5. The molecule has 5 nitrogen and oxygen atoms in total. The summed E-state index contributed by atoms with van der Waals surface area (Å²) in [6.45, 7) is 4.15. The standard InChI is InChI=1S/C12H20N2O3/c1-9-5-6-17-10(9)11(15)13-7-12(2,16)8-14(3)4/h5-6,16H,7-8H2,1-4H3,(H,13,15). The summed E-state index contributed by atoms with van der Waals surface area (Å²) in [5.74, 6) is -0.00261. The number of furan rings is 1. The molecule has 1 heterocycles. The first-order chi connectivity index (χ1) is 7.82. The molecular formula is C12H20N2O3. The summed E-state index contributed by atoms with van der Waals surface area (Å²) in [4.78, 5) is 13.6. The molecule has 0 spiro atoms. The number of hydrogen-bond donors (Lipinski definition) is 2. The van der Waals surface area contributed by atoms with Crippen LogP contribution >= 0.6 is 0 Å². The van der Waals surface area contributed by atoms with E-state index in [1.807, 2.05) is 19.0 Å². The van der Waals surface area contributed by atoms with Crippen molar-refractivity contribution < 1.29 is 14.3 Å². The minimum absolute atomic E-state index is 0.185. The van der Waals surface area contributed by atoms with E-state index in [0.717, 1.165) is 5.56 Å². The predicted molar refractivity (Wildman–Crippen MR) is 65.0 cm³/mol. The number of aryl methyl sites for hydroxylation is 1. The van der Waals surface area contributed by atoms with E-state index in [1.54, 1.807) is 19.9 Å². The van der Waals surface area contributed by atoms with Crippen LogP contribution in [-0.4, -0.2) is 48.7 Å². The summed E-state index contributed by atoms with van der Waals surface area (Å²) in [6.07, 6.45) is 1.47. The summed E-state index contributed by atoms with van der Waals surface area (Å²) < 4.78 is 5.07. The van der Waals surface area contributed by atoms with E-state index >= 15 is 0 Å². The molecule has 1 aromatic heterocycles. The van der Waals surface area contributed by atoms with Gasteiger partial charge in [0.2, 0.25) is 0 Å². The van der Waals surface area contributed by atoms with Crippen LogP contribution in [0.1, 0.15) is 23.0 Å². The fraction of sp³-hybridized carbons (Fsp3) is 0.583. The van der Waals surface area contributed by atoms with Crippen LogP contribution in [0.25, 0.3) is 0 Å². The molecule has 17 heavy (non-hydrogen) atoms. The van der Waals surface area contributed by atoms with Gasteiger partial charge >= 0.3 is 0 Å². The van der Waals surface area contributed by atoms with Crippen molar-refractivity contribution in [1.29, 1.82) is 0 Å². The molecular weight excluding hydrogens is 220 g/mol. The van der Waals surface area contributed by atoms with Crippen LogP contribution in [0.5, 0.6) is 0 Å². The zero-order chi connectivity index (χ0) is 13.1. The number of likely N-dealkylation sites (N-methyl/N-ethyl adjacent to an activating group) is 1. The van der Waals surface area contributed by atoms with E-state index in [2.05, 4.69) is 5.32 Å². The molecule has 0 aliphatic rings. The first kappa shape index (κ1) is 13.7. The Morgan fingerprint density at radius 2 is 2.24 bits per heavy atom. The number of nitrogens with one attached hydrogen (secondary N) is 1. The van der Waals surface area contributed by atoms with Crippen molar-refractivity contribution >= 4 is 5.91 Å². The Morgan fingerprint density at radius 3 is 2.71 bits per heavy atom. The van der Waals surface area contributed by atoms with Gasteiger partial charge < -0.3 is 19.7 Å². The first-order valence-electron chi connectivity index (χ1n) is 5.51. The molecule has 0 saturated carbocycles. The van der Waals surface area contributed by atoms with Gasteiger partial charge in [0.1, 0.15) is 0 Å². The van der Waals surface area contributed by atoms with Crippen LogP contribution < -0.4 is 5.32 Å². The third kappa shape index (κ3) is 4.20. The lowest BCUT2D eigenvalue weighted by Gasteiger charge is -2.26. The highest BCUT2D eigenvalue weighted by atomic mass is 16.3. The zero-order valence-corrected chi connectivity index (χ0v) is 10.8. The minimum atomic E-state index is -0.959. The lowest BCUT2D eigenvalue weighted by molar-refractivity contribution is 0.0322. The lowest BCUT2D eigenvalue weighted by atomic mass is 10.1. The molecule has 1 rings (SSSR count). The van der Waals surface area contributed by atoms with Gasteiger partial charge in [0.15, 0.2) is 5.76 Å². The summed E-state index contributed by atoms with van der Waals surface area (Å²) >= 11 is 0. The number of aliphatic hydroxyl groups is 1. The van der Waals surface area contributed by atoms with Gasteiger partial charge in [0.25, 0.3) is 5.91 Å². The number of nitrogens with zero attached hydrogens (tertiary/aromatic N) is 1. The van der Waals surface area contributed by atoms with Crippen LogP contribution in [0.15, 0.2) is 16.7 Å². The van der Waals surface area contributed by atoms with Crippen molar-refractivity contribution in [2.75, 3.05) is 27.2 Å². The smallest absolute Gasteiger partial charge is 0.287 e. The van der Waals surface area contributed by atoms with Crippen molar-refractivity contribution in [2.24, 2.45) is 0 Å². The van der Waals surface area contributed by atoms with Crippen molar-refractivity contribution in [3.05, 3.63) is 23.7 Å². The molecule has 0 fully saturated rings. The number of amides is 1. The second kappa shape index (κ2) is 5.33. The molecule has 1 unspecified atom stereocenters. The fourth-order valence-corrected chi connectivity index (χ4v) is 1.69. The number of hydrogen-bond acceptors (Lipinski definition) is 4. The van der Waals surface area contributed by atoms with Gasteiger partial charge in [-0.3, -0.25) is 4.79 Å². The fourth-order valence-electron chi connectivity index (χ4n) is 1.69. The van der Waals surface area contributed by atoms with Gasteiger partial charge in [-0.1, -0.05) is 0 Å². The maximum absolute atomic E-state index is 11.7. The molecule has 0 saturated heterocycles. The van der Waals surface area contributed by atoms with Gasteiger partial charge in [-0.15, -0.1) is 0 Å². The summed E-state index contributed by atoms with van der Waals surface area (Å²) in [6, 6.07) is 1.73. The third-order valence-electron chi connectivity index (χ3n) is 2.35. The molecule has 0 bridgehead atoms. The van der Waals surface area contributed by atoms with Crippen LogP contribution in [-0.2, 0) is 0 Å². The molecule has 1 aromatic rings. The van der Waals surface area contributed by atoms with Crippen LogP contribution in [0, 0.1) is 6.92 Å². The van der Waals surface area contributed by atoms with Gasteiger partial charge in [0, 0.05) is 18.7 Å². The summed E-state index contributed by atoms with van der Waals surface area (Å²) in [5, 5.41) is 12.7. The normalized spacial score (nSPS) is 14.7. The van der Waals surface area contributed by atoms with E-state index in [-0.39, 0.29) is 12.5 Å². The molecule has 96 valence electrons. The number of carbonyl (C=O) groups is 1. The maximum Gasteiger partial charge on any atom is 0.287 e. The second-order valence-corrected chi connectivity index (χ2v) is 4.85. The van der Waals surface area contributed by atoms with Gasteiger partial charge in [0.05, 0.1) is 11.9 Å². The lowest BCUT2D eigenvalue weighted by Crippen LogP contribution is -2.47. The molecule has 1 amide bonds. The molecule has 5 heteroatoms. The second-order valence-electron chi connectivity index (χ2n) is 4.85. The molecule has 0 radical (unpaired) electrons. The van der Waals surface area contributed by atoms with E-state index in [1.165, 1.54) is 6.26 Å². The first-order valence-corrected chi connectivity index (χ1v) is 5.51. The minimum Gasteiger partial charge on any atom is -0.459 e. The summed E-state index contributed by atoms with van der Waals surface area (Å²) in [7, 11) is 3.74. The van der Waals surface area contributed by atoms with E-state index < -0.39 is 5.60 Å². The Bertz CT molecular complexity index is 383. The average Bonchev–Trinajstić information content (AvgIpc) is 2.59. The Labute approximate surface area is 101 Å². The highest BCUT2D eigenvalue weighted by molar-refractivity contribution is 5.92. The van der Waals surface area contributed by atoms with Crippen molar-refractivity contribution in [3.63, 3.8) is 0 Å². The van der Waals surface area contributed by atoms with Crippen LogP contribution in [0.2, 0.25) is 0 Å². The molecule has 0 aliphatic carbocycles. The molecule has 0 aromatic carbocycles. The average molecular weight is 240 g/mol. The third-order valence-corrected chi connectivity index (χ3v) is 2.35. The quantitative estimate of drug-likeness (QED) is 0.792. The van der Waals surface area contributed by atoms with Crippen molar-refractivity contribution in [2.45, 2.75) is 19.4 Å². The Kier molecular flexibility index (Phi) is 4.31. The molecule has 2 N–H and O–H groups in total. The number of carbonyl (C=O) groups excluding carboxylic acids is 1. The van der Waals surface area contributed by atoms with Gasteiger partial charge in [-0.05, 0) is 34.0 Å². The monoisotopic (exact) mass is 240 g/mol. The maximum atomic E-state index is 11.7. The SMILES string of the molecule is Cc1ccoc1C(=O)NCC(C)(O)CN(C)C. The Balaban J connectivity index is 2.51. The molecule has 0 aliphatic heterocycles. The molecule has 1 atom stereocenters. The Hall–Kier alpha value is -1.33. The van der Waals surface area contributed by atoms with Crippen molar-refractivity contribution in [1.82, 2.24) is 10.2 Å². The highest BCUT2D eigenvalue weighted by Crippen LogP contribution is 2.09. The Morgan fingerprint density at radius 1 is 1.59 bits per heavy atom. The summed E-state index contributed by atoms with van der Waals surface area (Å²) in [5.41, 5.74) is -0.172. The van der Waals surface area contributed by atoms with Gasteiger partial charge in [-0.2, -0.15) is 0 Å².